The van der Waals surface area contributed by atoms with Crippen LogP contribution < -0.4 is 5.32 Å². The molecule has 1 saturated carbocycles. The summed E-state index contributed by atoms with van der Waals surface area (Å²) in [7, 11) is 0. The Hall–Kier alpha value is -0.820. The molecule has 2 rings (SSSR count). The van der Waals surface area contributed by atoms with E-state index in [0.717, 1.165) is 12.0 Å². The Bertz CT molecular complexity index is 379. The monoisotopic (exact) mass is 273 g/mol. The number of rotatable bonds is 6. The van der Waals surface area contributed by atoms with Crippen molar-refractivity contribution < 1.29 is 0 Å². The number of hydrogen-bond acceptors (Lipinski definition) is 1. The molecule has 1 fully saturated rings. The highest BCUT2D eigenvalue weighted by molar-refractivity contribution is 5.25. The van der Waals surface area contributed by atoms with Crippen LogP contribution in [0.4, 0.5) is 0 Å². The second kappa shape index (κ2) is 7.83. The highest BCUT2D eigenvalue weighted by Crippen LogP contribution is 2.28. The summed E-state index contributed by atoms with van der Waals surface area (Å²) in [6.07, 6.45) is 8.07. The Morgan fingerprint density at radius 2 is 1.90 bits per heavy atom. The summed E-state index contributed by atoms with van der Waals surface area (Å²) in [5.41, 5.74) is 2.98. The third kappa shape index (κ3) is 4.63. The van der Waals surface area contributed by atoms with Crippen LogP contribution in [0.15, 0.2) is 24.3 Å². The minimum Gasteiger partial charge on any atom is -0.314 e. The summed E-state index contributed by atoms with van der Waals surface area (Å²) in [6, 6.07) is 10.1. The van der Waals surface area contributed by atoms with Crippen LogP contribution in [0.25, 0.3) is 0 Å². The summed E-state index contributed by atoms with van der Waals surface area (Å²) in [6.45, 7) is 7.96. The lowest BCUT2D eigenvalue weighted by atomic mass is 9.82. The van der Waals surface area contributed by atoms with Crippen molar-refractivity contribution in [1.29, 1.82) is 0 Å². The van der Waals surface area contributed by atoms with Crippen LogP contribution in [0, 0.1) is 5.92 Å². The number of hydrogen-bond donors (Lipinski definition) is 1. The molecule has 20 heavy (non-hydrogen) atoms. The van der Waals surface area contributed by atoms with Gasteiger partial charge in [-0.25, -0.2) is 0 Å². The smallest absolute Gasteiger partial charge is 0.00698 e. The molecule has 0 heterocycles. The van der Waals surface area contributed by atoms with E-state index >= 15 is 0 Å². The van der Waals surface area contributed by atoms with Crippen LogP contribution in [-0.2, 0) is 6.42 Å². The molecule has 1 aliphatic rings. The van der Waals surface area contributed by atoms with Gasteiger partial charge in [0.2, 0.25) is 0 Å². The normalized spacial score (nSPS) is 23.2. The molecule has 0 saturated heterocycles. The maximum atomic E-state index is 3.71. The maximum absolute atomic E-state index is 3.71. The second-order valence-electron chi connectivity index (χ2n) is 6.78. The summed E-state index contributed by atoms with van der Waals surface area (Å²) in [4.78, 5) is 0. The van der Waals surface area contributed by atoms with Crippen molar-refractivity contribution in [1.82, 2.24) is 5.32 Å². The Balaban J connectivity index is 1.85. The molecule has 1 aromatic carbocycles. The molecule has 2 atom stereocenters. The van der Waals surface area contributed by atoms with E-state index in [1.165, 1.54) is 56.2 Å². The molecule has 112 valence electrons. The molecule has 1 heteroatoms. The van der Waals surface area contributed by atoms with E-state index in [0.29, 0.717) is 5.92 Å². The fraction of sp³-hybridized carbons (Fsp3) is 0.684. The van der Waals surface area contributed by atoms with Crippen molar-refractivity contribution in [3.8, 4) is 0 Å². The SMILES string of the molecule is CCCNC1CCCC(Cc2ccc(C(C)C)cc2)C1. The predicted octanol–water partition coefficient (Wildman–Crippen LogP) is 4.91. The van der Waals surface area contributed by atoms with Gasteiger partial charge < -0.3 is 5.32 Å². The highest BCUT2D eigenvalue weighted by Gasteiger charge is 2.21. The lowest BCUT2D eigenvalue weighted by Gasteiger charge is -2.30. The zero-order valence-corrected chi connectivity index (χ0v) is 13.5. The van der Waals surface area contributed by atoms with E-state index in [9.17, 15) is 0 Å². The van der Waals surface area contributed by atoms with Crippen molar-refractivity contribution in [3.05, 3.63) is 35.4 Å². The number of benzene rings is 1. The molecule has 0 radical (unpaired) electrons. The van der Waals surface area contributed by atoms with Crippen molar-refractivity contribution in [3.63, 3.8) is 0 Å². The second-order valence-corrected chi connectivity index (χ2v) is 6.78. The largest absolute Gasteiger partial charge is 0.314 e. The molecule has 0 spiro atoms. The van der Waals surface area contributed by atoms with E-state index in [4.69, 9.17) is 0 Å². The molecule has 0 aliphatic heterocycles. The molecule has 0 bridgehead atoms. The zero-order valence-electron chi connectivity index (χ0n) is 13.5. The van der Waals surface area contributed by atoms with Gasteiger partial charge in [-0.2, -0.15) is 0 Å². The van der Waals surface area contributed by atoms with E-state index in [2.05, 4.69) is 50.4 Å². The van der Waals surface area contributed by atoms with Crippen LogP contribution in [-0.4, -0.2) is 12.6 Å². The lowest BCUT2D eigenvalue weighted by Crippen LogP contribution is -2.35. The Morgan fingerprint density at radius 1 is 1.15 bits per heavy atom. The fourth-order valence-corrected chi connectivity index (χ4v) is 3.38. The highest BCUT2D eigenvalue weighted by atomic mass is 14.9. The molecule has 1 nitrogen and oxygen atoms in total. The molecular formula is C19H31N. The van der Waals surface area contributed by atoms with Gasteiger partial charge in [0, 0.05) is 6.04 Å². The van der Waals surface area contributed by atoms with E-state index < -0.39 is 0 Å². The first-order valence-electron chi connectivity index (χ1n) is 8.51. The minimum atomic E-state index is 0.640. The van der Waals surface area contributed by atoms with Crippen molar-refractivity contribution in [2.75, 3.05) is 6.54 Å². The van der Waals surface area contributed by atoms with Gasteiger partial charge in [-0.1, -0.05) is 57.9 Å². The van der Waals surface area contributed by atoms with Crippen molar-refractivity contribution in [2.45, 2.75) is 71.3 Å². The average Bonchev–Trinajstić information content (AvgIpc) is 2.46. The van der Waals surface area contributed by atoms with Gasteiger partial charge in [0.05, 0.1) is 0 Å². The number of nitrogens with one attached hydrogen (secondary N) is 1. The van der Waals surface area contributed by atoms with Crippen molar-refractivity contribution in [2.24, 2.45) is 5.92 Å². The van der Waals surface area contributed by atoms with Gasteiger partial charge in [0.15, 0.2) is 0 Å². The molecule has 1 aliphatic carbocycles. The molecule has 2 unspecified atom stereocenters. The van der Waals surface area contributed by atoms with Crippen LogP contribution in [0.5, 0.6) is 0 Å². The van der Waals surface area contributed by atoms with Crippen molar-refractivity contribution >= 4 is 0 Å². The molecule has 1 aromatic rings. The van der Waals surface area contributed by atoms with Crippen LogP contribution in [0.3, 0.4) is 0 Å². The quantitative estimate of drug-likeness (QED) is 0.776. The third-order valence-corrected chi connectivity index (χ3v) is 4.64. The van der Waals surface area contributed by atoms with Crippen LogP contribution in [0.1, 0.15) is 69.9 Å². The van der Waals surface area contributed by atoms with Crippen LogP contribution in [0.2, 0.25) is 0 Å². The topological polar surface area (TPSA) is 12.0 Å². The zero-order chi connectivity index (χ0) is 14.4. The summed E-state index contributed by atoms with van der Waals surface area (Å²) >= 11 is 0. The Labute approximate surface area is 125 Å². The van der Waals surface area contributed by atoms with Gasteiger partial charge in [-0.15, -0.1) is 0 Å². The molecule has 0 aromatic heterocycles. The van der Waals surface area contributed by atoms with E-state index in [1.807, 2.05) is 0 Å². The first-order valence-corrected chi connectivity index (χ1v) is 8.51. The predicted molar refractivity (Wildman–Crippen MR) is 88.3 cm³/mol. The van der Waals surface area contributed by atoms with Crippen LogP contribution >= 0.6 is 0 Å². The van der Waals surface area contributed by atoms with Gasteiger partial charge in [0.25, 0.3) is 0 Å². The van der Waals surface area contributed by atoms with E-state index in [1.54, 1.807) is 0 Å². The van der Waals surface area contributed by atoms with Gasteiger partial charge in [0.1, 0.15) is 0 Å². The fourth-order valence-electron chi connectivity index (χ4n) is 3.38. The Kier molecular flexibility index (Phi) is 6.09. The third-order valence-electron chi connectivity index (χ3n) is 4.64. The Morgan fingerprint density at radius 3 is 2.55 bits per heavy atom. The van der Waals surface area contributed by atoms with Gasteiger partial charge in [-0.3, -0.25) is 0 Å². The lowest BCUT2D eigenvalue weighted by molar-refractivity contribution is 0.284. The first kappa shape index (κ1) is 15.6. The maximum Gasteiger partial charge on any atom is 0.00698 e. The summed E-state index contributed by atoms with van der Waals surface area (Å²) < 4.78 is 0. The van der Waals surface area contributed by atoms with Gasteiger partial charge >= 0.3 is 0 Å². The summed E-state index contributed by atoms with van der Waals surface area (Å²) in [5, 5.41) is 3.71. The summed E-state index contributed by atoms with van der Waals surface area (Å²) in [5.74, 6) is 1.52. The minimum absolute atomic E-state index is 0.640. The first-order chi connectivity index (χ1) is 9.69. The molecular weight excluding hydrogens is 242 g/mol. The molecule has 0 amide bonds. The van der Waals surface area contributed by atoms with Gasteiger partial charge in [-0.05, 0) is 55.2 Å². The molecule has 1 N–H and O–H groups in total. The standard InChI is InChI=1S/C19H31N/c1-4-12-20-19-7-5-6-17(14-19)13-16-8-10-18(11-9-16)15(2)3/h8-11,15,17,19-20H,4-7,12-14H2,1-3H3. The average molecular weight is 273 g/mol. The van der Waals surface area contributed by atoms with E-state index in [-0.39, 0.29) is 0 Å².